The predicted molar refractivity (Wildman–Crippen MR) is 158 cm³/mol. The van der Waals surface area contributed by atoms with Crippen LogP contribution in [0.2, 0.25) is 0 Å². The first kappa shape index (κ1) is 29.9. The molecule has 218 valence electrons. The van der Waals surface area contributed by atoms with Crippen molar-refractivity contribution in [1.82, 2.24) is 10.2 Å². The van der Waals surface area contributed by atoms with Gasteiger partial charge in [0, 0.05) is 25.6 Å². The molecule has 0 aromatic heterocycles. The van der Waals surface area contributed by atoms with Gasteiger partial charge < -0.3 is 19.7 Å². The molecule has 0 saturated carbocycles. The van der Waals surface area contributed by atoms with Crippen LogP contribution in [0.25, 0.3) is 0 Å². The van der Waals surface area contributed by atoms with Crippen molar-refractivity contribution in [2.75, 3.05) is 29.9 Å². The summed E-state index contributed by atoms with van der Waals surface area (Å²) >= 11 is 0. The number of carbonyl (C=O) groups excluding carboxylic acids is 2. The van der Waals surface area contributed by atoms with Gasteiger partial charge >= 0.3 is 0 Å². The van der Waals surface area contributed by atoms with Gasteiger partial charge in [0.25, 0.3) is 0 Å². The number of carbonyl (C=O) groups is 2. The molecule has 1 heterocycles. The fourth-order valence-corrected chi connectivity index (χ4v) is 5.62. The zero-order chi connectivity index (χ0) is 29.4. The number of nitrogens with one attached hydrogen (secondary N) is 1. The number of anilines is 1. The third-order valence-corrected chi connectivity index (χ3v) is 8.66. The van der Waals surface area contributed by atoms with Crippen molar-refractivity contribution in [3.05, 3.63) is 89.5 Å². The number of sulfonamides is 1. The van der Waals surface area contributed by atoms with Gasteiger partial charge in [-0.2, -0.15) is 0 Å². The minimum atomic E-state index is -3.87. The highest BCUT2D eigenvalue weighted by Crippen LogP contribution is 2.36. The van der Waals surface area contributed by atoms with E-state index in [1.165, 1.54) is 11.8 Å². The summed E-state index contributed by atoms with van der Waals surface area (Å²) in [5, 5.41) is 2.94. The average Bonchev–Trinajstić information content (AvgIpc) is 3.46. The third-order valence-electron chi connectivity index (χ3n) is 6.92. The summed E-state index contributed by atoms with van der Waals surface area (Å²) in [6, 6.07) is 21.1. The van der Waals surface area contributed by atoms with Gasteiger partial charge in [-0.15, -0.1) is 0 Å². The molecule has 0 fully saturated rings. The minimum absolute atomic E-state index is 0.0383. The topological polar surface area (TPSA) is 105 Å². The first-order valence-corrected chi connectivity index (χ1v) is 15.4. The summed E-state index contributed by atoms with van der Waals surface area (Å²) in [6.45, 7) is 5.62. The number of hydrogen-bond acceptors (Lipinski definition) is 6. The molecule has 10 heteroatoms. The predicted octanol–water partition coefficient (Wildman–Crippen LogP) is 4.05. The summed E-state index contributed by atoms with van der Waals surface area (Å²) in [6.07, 6.45) is 1.01. The van der Waals surface area contributed by atoms with Crippen LogP contribution in [0.4, 0.5) is 5.69 Å². The fraction of sp³-hybridized carbons (Fsp3) is 0.355. The Hall–Kier alpha value is -4.05. The van der Waals surface area contributed by atoms with Gasteiger partial charge in [0.15, 0.2) is 11.5 Å². The number of nitrogens with zero attached hydrogens (tertiary/aromatic N) is 2. The highest BCUT2D eigenvalue weighted by atomic mass is 32.2. The Morgan fingerprint density at radius 1 is 0.927 bits per heavy atom. The smallest absolute Gasteiger partial charge is 0.244 e. The van der Waals surface area contributed by atoms with Crippen LogP contribution >= 0.6 is 0 Å². The fourth-order valence-electron chi connectivity index (χ4n) is 4.57. The van der Waals surface area contributed by atoms with Crippen LogP contribution in [0.15, 0.2) is 72.8 Å². The summed E-state index contributed by atoms with van der Waals surface area (Å²) in [7, 11) is -3.87. The van der Waals surface area contributed by atoms with Crippen LogP contribution in [-0.4, -0.2) is 56.8 Å². The zero-order valence-corrected chi connectivity index (χ0v) is 24.5. The normalized spacial score (nSPS) is 13.0. The lowest BCUT2D eigenvalue weighted by molar-refractivity contribution is -0.140. The lowest BCUT2D eigenvalue weighted by Crippen LogP contribution is -2.53. The summed E-state index contributed by atoms with van der Waals surface area (Å²) in [5.74, 6) is -0.0806. The highest BCUT2D eigenvalue weighted by molar-refractivity contribution is 7.92. The number of amides is 2. The molecule has 9 nitrogen and oxygen atoms in total. The Bertz CT molecular complexity index is 1440. The minimum Gasteiger partial charge on any atom is -0.454 e. The monoisotopic (exact) mass is 579 g/mol. The van der Waals surface area contributed by atoms with Crippen molar-refractivity contribution in [3.8, 4) is 11.5 Å². The van der Waals surface area contributed by atoms with E-state index < -0.39 is 28.5 Å². The SMILES string of the molecule is CCCNC(=O)[C@H](Cc1ccccc1)N(Cc1ccc(C)cc1)C(=O)CN(c1ccc2c(c1)OCO2)S(=O)(=O)CC. The van der Waals surface area contributed by atoms with E-state index in [-0.39, 0.29) is 37.1 Å². The molecule has 1 atom stereocenters. The molecule has 1 aliphatic rings. The number of aryl methyl sites for hydroxylation is 1. The lowest BCUT2D eigenvalue weighted by atomic mass is 10.0. The quantitative estimate of drug-likeness (QED) is 0.328. The molecule has 0 saturated heterocycles. The standard InChI is InChI=1S/C31H37N3O6S/c1-4-17-32-31(36)27(18-24-9-7-6-8-10-24)33(20-25-13-11-23(3)12-14-25)30(35)21-34(41(37,38)5-2)26-15-16-28-29(19-26)40-22-39-28/h6-16,19,27H,4-5,17-18,20-22H2,1-3H3,(H,32,36)/t27-/m0/s1. The van der Waals surface area contributed by atoms with Crippen LogP contribution in [0.3, 0.4) is 0 Å². The van der Waals surface area contributed by atoms with Gasteiger partial charge in [0.1, 0.15) is 12.6 Å². The number of rotatable bonds is 13. The summed E-state index contributed by atoms with van der Waals surface area (Å²) in [4.78, 5) is 29.2. The Labute approximate surface area is 242 Å². The summed E-state index contributed by atoms with van der Waals surface area (Å²) < 4.78 is 38.5. The largest absolute Gasteiger partial charge is 0.454 e. The van der Waals surface area contributed by atoms with E-state index >= 15 is 0 Å². The van der Waals surface area contributed by atoms with E-state index in [0.717, 1.165) is 27.4 Å². The third kappa shape index (κ3) is 7.58. The Morgan fingerprint density at radius 2 is 1.63 bits per heavy atom. The second-order valence-electron chi connectivity index (χ2n) is 9.95. The lowest BCUT2D eigenvalue weighted by Gasteiger charge is -2.33. The van der Waals surface area contributed by atoms with E-state index in [4.69, 9.17) is 9.47 Å². The maximum atomic E-state index is 14.2. The molecule has 0 unspecified atom stereocenters. The van der Waals surface area contributed by atoms with Crippen molar-refractivity contribution in [3.63, 3.8) is 0 Å². The van der Waals surface area contributed by atoms with Crippen molar-refractivity contribution in [2.45, 2.75) is 46.2 Å². The van der Waals surface area contributed by atoms with Gasteiger partial charge in [-0.1, -0.05) is 67.1 Å². The van der Waals surface area contributed by atoms with E-state index in [2.05, 4.69) is 5.32 Å². The first-order valence-electron chi connectivity index (χ1n) is 13.8. The Balaban J connectivity index is 1.73. The molecule has 0 spiro atoms. The number of hydrogen-bond donors (Lipinski definition) is 1. The molecular formula is C31H37N3O6S. The molecule has 1 aliphatic heterocycles. The van der Waals surface area contributed by atoms with Gasteiger partial charge in [0.05, 0.1) is 11.4 Å². The molecule has 0 aliphatic carbocycles. The van der Waals surface area contributed by atoms with Crippen molar-refractivity contribution in [1.29, 1.82) is 0 Å². The van der Waals surface area contributed by atoms with Crippen molar-refractivity contribution in [2.24, 2.45) is 0 Å². The molecule has 0 bridgehead atoms. The van der Waals surface area contributed by atoms with Crippen LogP contribution in [0.1, 0.15) is 37.0 Å². The number of ether oxygens (including phenoxy) is 2. The highest BCUT2D eigenvalue weighted by Gasteiger charge is 2.34. The Kier molecular flexibility index (Phi) is 9.88. The van der Waals surface area contributed by atoms with Crippen LogP contribution < -0.4 is 19.1 Å². The molecule has 3 aromatic rings. The number of benzene rings is 3. The second-order valence-corrected chi connectivity index (χ2v) is 12.1. The molecule has 3 aromatic carbocycles. The van der Waals surface area contributed by atoms with E-state index in [1.54, 1.807) is 18.2 Å². The van der Waals surface area contributed by atoms with Gasteiger partial charge in [-0.3, -0.25) is 13.9 Å². The number of fused-ring (bicyclic) bond motifs is 1. The molecule has 4 rings (SSSR count). The first-order chi connectivity index (χ1) is 19.7. The van der Waals surface area contributed by atoms with Crippen LogP contribution in [0, 0.1) is 6.92 Å². The van der Waals surface area contributed by atoms with E-state index in [9.17, 15) is 18.0 Å². The molecule has 2 amide bonds. The molecule has 41 heavy (non-hydrogen) atoms. The Morgan fingerprint density at radius 3 is 2.32 bits per heavy atom. The molecular weight excluding hydrogens is 542 g/mol. The van der Waals surface area contributed by atoms with Crippen molar-refractivity contribution >= 4 is 27.5 Å². The van der Waals surface area contributed by atoms with Gasteiger partial charge in [-0.05, 0) is 43.5 Å². The van der Waals surface area contributed by atoms with E-state index in [1.807, 2.05) is 68.4 Å². The van der Waals surface area contributed by atoms with Gasteiger partial charge in [-0.25, -0.2) is 8.42 Å². The summed E-state index contributed by atoms with van der Waals surface area (Å²) in [5.41, 5.74) is 3.07. The average molecular weight is 580 g/mol. The second kappa shape index (κ2) is 13.5. The van der Waals surface area contributed by atoms with E-state index in [0.29, 0.717) is 18.0 Å². The van der Waals surface area contributed by atoms with Gasteiger partial charge in [0.2, 0.25) is 28.6 Å². The zero-order valence-electron chi connectivity index (χ0n) is 23.7. The van der Waals surface area contributed by atoms with Crippen LogP contribution in [0.5, 0.6) is 11.5 Å². The molecule has 0 radical (unpaired) electrons. The maximum absolute atomic E-state index is 14.2. The van der Waals surface area contributed by atoms with Crippen LogP contribution in [-0.2, 0) is 32.6 Å². The van der Waals surface area contributed by atoms with Crippen molar-refractivity contribution < 1.29 is 27.5 Å². The maximum Gasteiger partial charge on any atom is 0.244 e. The molecule has 1 N–H and O–H groups in total.